The van der Waals surface area contributed by atoms with E-state index in [1.165, 1.54) is 10.8 Å². The number of nitrogens with zero attached hydrogens (tertiary/aromatic N) is 2. The highest BCUT2D eigenvalue weighted by molar-refractivity contribution is 6.00. The molecule has 122 valence electrons. The van der Waals surface area contributed by atoms with E-state index in [1.807, 2.05) is 6.07 Å². The molecule has 9 nitrogen and oxygen atoms in total. The number of carboxylic acid groups (broad SMARTS) is 1. The predicted molar refractivity (Wildman–Crippen MR) is 82.3 cm³/mol. The Balaban J connectivity index is 2.02. The van der Waals surface area contributed by atoms with Crippen LogP contribution in [0, 0.1) is 0 Å². The Bertz CT molecular complexity index is 961. The van der Waals surface area contributed by atoms with E-state index in [2.05, 4.69) is 15.4 Å². The molecular formula is C15H12N4O5. The molecule has 0 spiro atoms. The highest BCUT2D eigenvalue weighted by Gasteiger charge is 2.20. The van der Waals surface area contributed by atoms with Crippen LogP contribution >= 0.6 is 0 Å². The van der Waals surface area contributed by atoms with E-state index in [4.69, 9.17) is 9.84 Å². The van der Waals surface area contributed by atoms with E-state index in [9.17, 15) is 14.4 Å². The molecular weight excluding hydrogens is 316 g/mol. The number of ether oxygens (including phenoxy) is 1. The van der Waals surface area contributed by atoms with Gasteiger partial charge in [-0.3, -0.25) is 19.5 Å². The lowest BCUT2D eigenvalue weighted by Gasteiger charge is -2.09. The summed E-state index contributed by atoms with van der Waals surface area (Å²) >= 11 is 0. The van der Waals surface area contributed by atoms with Crippen molar-refractivity contribution in [2.75, 3.05) is 6.54 Å². The van der Waals surface area contributed by atoms with E-state index in [0.717, 1.165) is 6.07 Å². The Hall–Kier alpha value is -3.62. The summed E-state index contributed by atoms with van der Waals surface area (Å²) in [4.78, 5) is 38.8. The first-order chi connectivity index (χ1) is 11.6. The van der Waals surface area contributed by atoms with Crippen LogP contribution < -0.4 is 15.5 Å². The van der Waals surface area contributed by atoms with Crippen LogP contribution in [0.5, 0.6) is 11.6 Å². The first kappa shape index (κ1) is 15.3. The molecule has 0 aliphatic carbocycles. The lowest BCUT2D eigenvalue weighted by molar-refractivity contribution is -0.135. The highest BCUT2D eigenvalue weighted by atomic mass is 16.5. The third kappa shape index (κ3) is 2.95. The van der Waals surface area contributed by atoms with E-state index in [1.54, 1.807) is 24.3 Å². The van der Waals surface area contributed by atoms with Crippen LogP contribution in [0.4, 0.5) is 0 Å². The Kier molecular flexibility index (Phi) is 3.98. The molecule has 2 heterocycles. The van der Waals surface area contributed by atoms with Gasteiger partial charge in [0.2, 0.25) is 11.3 Å². The standard InChI is InChI=1S/C15H12N4O5/c20-10-6-11(24-9-4-2-1-3-5-9)19-14(17-8-18-19)13(10)15(23)16-7-12(21)22/h1-6,8H,7H2,(H,16,23)(H,17,18)(H,21,22). The van der Waals surface area contributed by atoms with Crippen molar-refractivity contribution >= 4 is 17.5 Å². The number of hydrogen-bond donors (Lipinski definition) is 3. The van der Waals surface area contributed by atoms with Crippen LogP contribution in [-0.4, -0.2) is 38.1 Å². The maximum absolute atomic E-state index is 12.3. The predicted octanol–water partition coefficient (Wildman–Crippen LogP) is 0.629. The van der Waals surface area contributed by atoms with Crippen molar-refractivity contribution in [3.63, 3.8) is 0 Å². The van der Waals surface area contributed by atoms with E-state index < -0.39 is 23.9 Å². The topological polar surface area (TPSA) is 126 Å². The molecule has 0 aliphatic rings. The number of para-hydroxylation sites is 1. The molecule has 0 radical (unpaired) electrons. The number of carbonyl (C=O) groups excluding carboxylic acids is 1. The van der Waals surface area contributed by atoms with Gasteiger partial charge in [0.05, 0.1) is 0 Å². The number of aromatic nitrogens is 3. The second kappa shape index (κ2) is 6.24. The SMILES string of the molecule is O=C(O)CNC(=O)c1c(=O)cc(Oc2ccccc2)n2[nH]cnc12. The normalized spacial score (nSPS) is 10.5. The average Bonchev–Trinajstić information content (AvgIpc) is 3.03. The lowest BCUT2D eigenvalue weighted by Crippen LogP contribution is -2.33. The fraction of sp³-hybridized carbons (Fsp3) is 0.0667. The van der Waals surface area contributed by atoms with Crippen LogP contribution in [0.1, 0.15) is 10.4 Å². The number of nitrogens with one attached hydrogen (secondary N) is 2. The van der Waals surface area contributed by atoms with Gasteiger partial charge in [-0.15, -0.1) is 0 Å². The average molecular weight is 328 g/mol. The monoisotopic (exact) mass is 328 g/mol. The van der Waals surface area contributed by atoms with Crippen LogP contribution in [-0.2, 0) is 4.79 Å². The molecule has 0 saturated heterocycles. The van der Waals surface area contributed by atoms with Gasteiger partial charge < -0.3 is 15.2 Å². The molecule has 1 amide bonds. The van der Waals surface area contributed by atoms with Crippen molar-refractivity contribution in [3.05, 3.63) is 58.5 Å². The fourth-order valence-corrected chi connectivity index (χ4v) is 2.11. The lowest BCUT2D eigenvalue weighted by atomic mass is 10.2. The second-order valence-corrected chi connectivity index (χ2v) is 4.76. The number of benzene rings is 1. The number of aromatic amines is 1. The van der Waals surface area contributed by atoms with Gasteiger partial charge in [-0.05, 0) is 12.1 Å². The van der Waals surface area contributed by atoms with Crippen LogP contribution in [0.2, 0.25) is 0 Å². The minimum atomic E-state index is -1.22. The maximum atomic E-state index is 12.3. The molecule has 9 heteroatoms. The summed E-state index contributed by atoms with van der Waals surface area (Å²) < 4.78 is 6.95. The second-order valence-electron chi connectivity index (χ2n) is 4.76. The molecule has 3 rings (SSSR count). The van der Waals surface area contributed by atoms with Crippen LogP contribution in [0.25, 0.3) is 5.65 Å². The molecule has 24 heavy (non-hydrogen) atoms. The molecule has 1 aromatic carbocycles. The zero-order valence-corrected chi connectivity index (χ0v) is 12.2. The molecule has 2 aromatic heterocycles. The van der Waals surface area contributed by atoms with Gasteiger partial charge in [-0.25, -0.2) is 9.50 Å². The summed E-state index contributed by atoms with van der Waals surface area (Å²) in [6.07, 6.45) is 1.29. The quantitative estimate of drug-likeness (QED) is 0.630. The summed E-state index contributed by atoms with van der Waals surface area (Å²) in [6, 6.07) is 9.92. The molecule has 0 fully saturated rings. The van der Waals surface area contributed by atoms with E-state index in [-0.39, 0.29) is 17.1 Å². The van der Waals surface area contributed by atoms with Crippen molar-refractivity contribution in [2.45, 2.75) is 0 Å². The third-order valence-corrected chi connectivity index (χ3v) is 3.12. The zero-order valence-electron chi connectivity index (χ0n) is 12.2. The number of carboxylic acids is 1. The number of H-pyrrole nitrogens is 1. The van der Waals surface area contributed by atoms with Crippen molar-refractivity contribution in [3.8, 4) is 11.6 Å². The minimum absolute atomic E-state index is 0.0383. The summed E-state index contributed by atoms with van der Waals surface area (Å²) in [7, 11) is 0. The maximum Gasteiger partial charge on any atom is 0.322 e. The number of carbonyl (C=O) groups is 2. The van der Waals surface area contributed by atoms with E-state index in [0.29, 0.717) is 5.75 Å². The number of hydrogen-bond acceptors (Lipinski definition) is 5. The van der Waals surface area contributed by atoms with Gasteiger partial charge in [0.15, 0.2) is 5.65 Å². The van der Waals surface area contributed by atoms with Crippen molar-refractivity contribution in [1.82, 2.24) is 19.9 Å². The molecule has 0 saturated carbocycles. The Morgan fingerprint density at radius 3 is 2.75 bits per heavy atom. The largest absolute Gasteiger partial charge is 0.480 e. The molecule has 3 aromatic rings. The van der Waals surface area contributed by atoms with Gasteiger partial charge in [0.1, 0.15) is 24.2 Å². The van der Waals surface area contributed by atoms with Gasteiger partial charge >= 0.3 is 5.97 Å². The summed E-state index contributed by atoms with van der Waals surface area (Å²) in [5.74, 6) is -1.39. The first-order valence-corrected chi connectivity index (χ1v) is 6.88. The molecule has 0 atom stereocenters. The number of fused-ring (bicyclic) bond motifs is 1. The van der Waals surface area contributed by atoms with E-state index >= 15 is 0 Å². The van der Waals surface area contributed by atoms with Crippen molar-refractivity contribution < 1.29 is 19.4 Å². The number of rotatable bonds is 5. The van der Waals surface area contributed by atoms with Gasteiger partial charge in [0.25, 0.3) is 5.91 Å². The fourth-order valence-electron chi connectivity index (χ4n) is 2.11. The Labute approximate surface area is 134 Å². The number of aliphatic carboxylic acids is 1. The summed E-state index contributed by atoms with van der Waals surface area (Å²) in [5.41, 5.74) is -0.856. The first-order valence-electron chi connectivity index (χ1n) is 6.88. The van der Waals surface area contributed by atoms with Crippen molar-refractivity contribution in [1.29, 1.82) is 0 Å². The number of pyridine rings is 1. The summed E-state index contributed by atoms with van der Waals surface area (Å²) in [6.45, 7) is -0.600. The molecule has 0 aliphatic heterocycles. The van der Waals surface area contributed by atoms with Crippen LogP contribution in [0.15, 0.2) is 47.5 Å². The van der Waals surface area contributed by atoms with Gasteiger partial charge in [-0.2, -0.15) is 0 Å². The third-order valence-electron chi connectivity index (χ3n) is 3.12. The summed E-state index contributed by atoms with van der Waals surface area (Å²) in [5, 5.41) is 13.5. The zero-order chi connectivity index (χ0) is 17.1. The molecule has 0 unspecified atom stereocenters. The highest BCUT2D eigenvalue weighted by Crippen LogP contribution is 2.20. The molecule has 3 N–H and O–H groups in total. The van der Waals surface area contributed by atoms with Gasteiger partial charge in [-0.1, -0.05) is 18.2 Å². The Morgan fingerprint density at radius 1 is 1.29 bits per heavy atom. The van der Waals surface area contributed by atoms with Crippen molar-refractivity contribution in [2.24, 2.45) is 0 Å². The Morgan fingerprint density at radius 2 is 2.04 bits per heavy atom. The molecule has 0 bridgehead atoms. The van der Waals surface area contributed by atoms with Gasteiger partial charge in [0, 0.05) is 6.07 Å². The smallest absolute Gasteiger partial charge is 0.322 e. The minimum Gasteiger partial charge on any atom is -0.480 e. The van der Waals surface area contributed by atoms with Crippen LogP contribution in [0.3, 0.4) is 0 Å². The number of amides is 1.